The van der Waals surface area contributed by atoms with Gasteiger partial charge in [0.2, 0.25) is 6.54 Å². The van der Waals surface area contributed by atoms with E-state index >= 15 is 0 Å². The summed E-state index contributed by atoms with van der Waals surface area (Å²) in [4.78, 5) is 36.7. The highest BCUT2D eigenvalue weighted by Gasteiger charge is 2.62. The van der Waals surface area contributed by atoms with E-state index in [1.165, 1.54) is 42.7 Å². The molecular formula is C13H15FNO7P2+. The van der Waals surface area contributed by atoms with Gasteiger partial charge in [-0.15, -0.1) is 0 Å². The Kier molecular flexibility index (Phi) is 5.09. The number of pyridine rings is 1. The molecule has 0 aliphatic rings. The quantitative estimate of drug-likeness (QED) is 0.383. The second-order valence-corrected chi connectivity index (χ2v) is 9.14. The minimum Gasteiger partial charge on any atom is -0.363 e. The van der Waals surface area contributed by atoms with E-state index in [-0.39, 0.29) is 0 Å². The first-order valence-corrected chi connectivity index (χ1v) is 9.75. The van der Waals surface area contributed by atoms with Crippen molar-refractivity contribution in [3.63, 3.8) is 0 Å². The molecule has 0 saturated carbocycles. The zero-order valence-electron chi connectivity index (χ0n) is 12.1. The monoisotopic (exact) mass is 378 g/mol. The average molecular weight is 378 g/mol. The number of hydrogen-bond acceptors (Lipinski definition) is 3. The molecule has 0 bridgehead atoms. The maximum absolute atomic E-state index is 13.0. The molecule has 1 heterocycles. The molecule has 11 heteroatoms. The Morgan fingerprint density at radius 1 is 0.958 bits per heavy atom. The minimum absolute atomic E-state index is 0.445. The van der Waals surface area contributed by atoms with Crippen molar-refractivity contribution in [2.75, 3.05) is 0 Å². The topological polar surface area (TPSA) is 139 Å². The Morgan fingerprint density at radius 2 is 1.50 bits per heavy atom. The van der Waals surface area contributed by atoms with Crippen molar-refractivity contribution in [1.82, 2.24) is 0 Å². The van der Waals surface area contributed by atoms with Gasteiger partial charge in [-0.1, -0.05) is 12.1 Å². The third kappa shape index (κ3) is 3.79. The van der Waals surface area contributed by atoms with Crippen LogP contribution in [0, 0.1) is 5.82 Å². The summed E-state index contributed by atoms with van der Waals surface area (Å²) >= 11 is 0. The summed E-state index contributed by atoms with van der Waals surface area (Å²) < 4.78 is 36.8. The van der Waals surface area contributed by atoms with Gasteiger partial charge in [-0.3, -0.25) is 9.13 Å². The number of halogens is 1. The molecule has 1 aromatic heterocycles. The van der Waals surface area contributed by atoms with E-state index in [2.05, 4.69) is 0 Å². The van der Waals surface area contributed by atoms with Gasteiger partial charge in [0.05, 0.1) is 0 Å². The number of hydrogen-bond donors (Lipinski definition) is 5. The number of aromatic nitrogens is 1. The zero-order chi connectivity index (χ0) is 18.2. The Balaban J connectivity index is 2.43. The first kappa shape index (κ1) is 18.9. The van der Waals surface area contributed by atoms with Crippen LogP contribution in [0.4, 0.5) is 4.39 Å². The Morgan fingerprint density at radius 3 is 2.00 bits per heavy atom. The fourth-order valence-corrected chi connectivity index (χ4v) is 4.08. The molecular weight excluding hydrogens is 363 g/mol. The second kappa shape index (κ2) is 6.46. The van der Waals surface area contributed by atoms with E-state index in [1.807, 2.05) is 0 Å². The van der Waals surface area contributed by atoms with E-state index in [9.17, 15) is 18.6 Å². The van der Waals surface area contributed by atoms with Crippen molar-refractivity contribution in [2.45, 2.75) is 11.6 Å². The lowest BCUT2D eigenvalue weighted by atomic mass is 10.1. The SMILES string of the molecule is O=P(O)(O)C(O)(C[n+]1cccc(-c2ccc(F)cc2)c1)P(=O)(O)O. The zero-order valence-corrected chi connectivity index (χ0v) is 13.9. The molecule has 0 unspecified atom stereocenters. The van der Waals surface area contributed by atoms with E-state index in [1.54, 1.807) is 6.07 Å². The van der Waals surface area contributed by atoms with Crippen LogP contribution in [0.1, 0.15) is 0 Å². The lowest BCUT2D eigenvalue weighted by molar-refractivity contribution is -0.703. The molecule has 5 N–H and O–H groups in total. The summed E-state index contributed by atoms with van der Waals surface area (Å²) in [5.74, 6) is -0.445. The third-order valence-electron chi connectivity index (χ3n) is 3.36. The first-order chi connectivity index (χ1) is 10.9. The Bertz CT molecular complexity index is 808. The fraction of sp³-hybridized carbons (Fsp3) is 0.154. The molecule has 130 valence electrons. The van der Waals surface area contributed by atoms with Crippen LogP contribution in [-0.4, -0.2) is 29.8 Å². The van der Waals surface area contributed by atoms with Crippen LogP contribution in [0.3, 0.4) is 0 Å². The van der Waals surface area contributed by atoms with Crippen LogP contribution in [0.5, 0.6) is 0 Å². The maximum Gasteiger partial charge on any atom is 0.376 e. The van der Waals surface area contributed by atoms with Gasteiger partial charge in [0.15, 0.2) is 12.4 Å². The molecule has 0 radical (unpaired) electrons. The normalized spacial score (nSPS) is 13.1. The van der Waals surface area contributed by atoms with E-state index in [0.717, 1.165) is 4.57 Å². The maximum atomic E-state index is 13.0. The highest BCUT2D eigenvalue weighted by atomic mass is 31.2. The van der Waals surface area contributed by atoms with Gasteiger partial charge in [0.1, 0.15) is 5.82 Å². The number of benzene rings is 1. The Labute approximate surface area is 136 Å². The molecule has 24 heavy (non-hydrogen) atoms. The van der Waals surface area contributed by atoms with Gasteiger partial charge in [-0.2, -0.15) is 0 Å². The molecule has 1 aromatic carbocycles. The third-order valence-corrected chi connectivity index (χ3v) is 7.08. The van der Waals surface area contributed by atoms with Crippen molar-refractivity contribution in [1.29, 1.82) is 0 Å². The highest BCUT2D eigenvalue weighted by molar-refractivity contribution is 7.72. The number of nitrogens with zero attached hydrogens (tertiary/aromatic N) is 1. The van der Waals surface area contributed by atoms with Crippen molar-refractivity contribution in [3.05, 3.63) is 54.6 Å². The summed E-state index contributed by atoms with van der Waals surface area (Å²) in [6, 6.07) is 8.43. The molecule has 2 rings (SSSR count). The van der Waals surface area contributed by atoms with E-state index in [0.29, 0.717) is 11.1 Å². The number of aliphatic hydroxyl groups is 1. The molecule has 8 nitrogen and oxygen atoms in total. The van der Waals surface area contributed by atoms with Crippen LogP contribution in [0.2, 0.25) is 0 Å². The summed E-state index contributed by atoms with van der Waals surface area (Å²) in [6.07, 6.45) is 2.60. The first-order valence-electron chi connectivity index (χ1n) is 6.53. The smallest absolute Gasteiger partial charge is 0.363 e. The van der Waals surface area contributed by atoms with Gasteiger partial charge in [0, 0.05) is 11.6 Å². The lowest BCUT2D eigenvalue weighted by Crippen LogP contribution is -2.47. The fourth-order valence-electron chi connectivity index (χ4n) is 2.03. The minimum atomic E-state index is -5.55. The van der Waals surface area contributed by atoms with Crippen molar-refractivity contribution < 1.29 is 42.8 Å². The number of rotatable bonds is 5. The van der Waals surface area contributed by atoms with E-state index in [4.69, 9.17) is 19.6 Å². The molecule has 0 atom stereocenters. The largest absolute Gasteiger partial charge is 0.376 e. The van der Waals surface area contributed by atoms with Crippen LogP contribution in [-0.2, 0) is 15.7 Å². The molecule has 0 amide bonds. The molecule has 0 fully saturated rings. The van der Waals surface area contributed by atoms with Gasteiger partial charge < -0.3 is 24.7 Å². The van der Waals surface area contributed by atoms with Crippen molar-refractivity contribution in [3.8, 4) is 11.1 Å². The van der Waals surface area contributed by atoms with E-state index < -0.39 is 32.6 Å². The summed E-state index contributed by atoms with van der Waals surface area (Å²) in [7, 11) is -11.1. The van der Waals surface area contributed by atoms with Crippen LogP contribution >= 0.6 is 15.2 Å². The van der Waals surface area contributed by atoms with Crippen LogP contribution in [0.15, 0.2) is 48.8 Å². The summed E-state index contributed by atoms with van der Waals surface area (Å²) in [6.45, 7) is -1.03. The average Bonchev–Trinajstić information content (AvgIpc) is 2.46. The van der Waals surface area contributed by atoms with Crippen LogP contribution < -0.4 is 4.57 Å². The highest BCUT2D eigenvalue weighted by Crippen LogP contribution is 2.67. The predicted molar refractivity (Wildman–Crippen MR) is 81.1 cm³/mol. The Hall–Kier alpha value is -1.44. The molecule has 2 aromatic rings. The molecule has 0 spiro atoms. The second-order valence-electron chi connectivity index (χ2n) is 5.13. The molecule has 0 saturated heterocycles. The van der Waals surface area contributed by atoms with Crippen molar-refractivity contribution in [2.24, 2.45) is 0 Å². The van der Waals surface area contributed by atoms with Gasteiger partial charge in [-0.25, -0.2) is 8.96 Å². The van der Waals surface area contributed by atoms with Gasteiger partial charge in [-0.05, 0) is 23.8 Å². The van der Waals surface area contributed by atoms with Crippen molar-refractivity contribution >= 4 is 15.2 Å². The molecule has 0 aliphatic carbocycles. The molecule has 0 aliphatic heterocycles. The van der Waals surface area contributed by atoms with Gasteiger partial charge >= 0.3 is 20.3 Å². The standard InChI is InChI=1S/C13H14FNO7P2/c14-12-5-3-10(4-6-12)11-2-1-7-15(8-11)9-13(16,23(17,18)19)24(20,21)22/h1-8,16H,9H2,(H3-,17,18,19,20,21,22)/p+1. The summed E-state index contributed by atoms with van der Waals surface area (Å²) in [5.41, 5.74) is 1.07. The summed E-state index contributed by atoms with van der Waals surface area (Å²) in [5, 5.41) is 6.39. The predicted octanol–water partition coefficient (Wildman–Crippen LogP) is 0.782. The van der Waals surface area contributed by atoms with Crippen LogP contribution in [0.25, 0.3) is 11.1 Å². The van der Waals surface area contributed by atoms with Gasteiger partial charge in [0.25, 0.3) is 0 Å². The lowest BCUT2D eigenvalue weighted by Gasteiger charge is -2.26.